The van der Waals surface area contributed by atoms with E-state index in [9.17, 15) is 4.79 Å². The van der Waals surface area contributed by atoms with E-state index in [1.54, 1.807) is 27.7 Å². The van der Waals surface area contributed by atoms with Crippen LogP contribution in [0.1, 0.15) is 39.6 Å². The largest absolute Gasteiger partial charge is 0.444 e. The maximum atomic E-state index is 11.7. The zero-order valence-corrected chi connectivity index (χ0v) is 14.5. The van der Waals surface area contributed by atoms with Gasteiger partial charge in [0.2, 0.25) is 0 Å². The van der Waals surface area contributed by atoms with Crippen molar-refractivity contribution in [2.75, 3.05) is 0 Å². The smallest absolute Gasteiger partial charge is 0.408 e. The fourth-order valence-electron chi connectivity index (χ4n) is 1.70. The number of amides is 1. The van der Waals surface area contributed by atoms with Crippen molar-refractivity contribution in [2.24, 2.45) is 0 Å². The van der Waals surface area contributed by atoms with Crippen molar-refractivity contribution >= 4 is 22.0 Å². The normalized spacial score (nSPS) is 12.8. The first-order valence-corrected chi connectivity index (χ1v) is 7.63. The van der Waals surface area contributed by atoms with E-state index < -0.39 is 17.7 Å². The molecule has 0 saturated carbocycles. The first kappa shape index (κ1) is 16.5. The summed E-state index contributed by atoms with van der Waals surface area (Å²) >= 11 is 3.44. The molecule has 22 heavy (non-hydrogen) atoms. The van der Waals surface area contributed by atoms with Crippen LogP contribution in [-0.2, 0) is 4.74 Å². The fourth-order valence-corrected chi connectivity index (χ4v) is 2.16. The van der Waals surface area contributed by atoms with Gasteiger partial charge in [-0.3, -0.25) is 0 Å². The SMILES string of the molecule is C[C@@H](NC(=O)OC(C)(C)C)c1noc(-c2ccccc2Br)n1. The Morgan fingerprint density at radius 1 is 1.36 bits per heavy atom. The number of hydrogen-bond acceptors (Lipinski definition) is 5. The number of hydrogen-bond donors (Lipinski definition) is 1. The molecule has 0 aliphatic carbocycles. The van der Waals surface area contributed by atoms with Gasteiger partial charge in [0.25, 0.3) is 5.89 Å². The molecule has 0 aliphatic heterocycles. The molecule has 1 aromatic heterocycles. The highest BCUT2D eigenvalue weighted by molar-refractivity contribution is 9.10. The van der Waals surface area contributed by atoms with E-state index in [0.717, 1.165) is 10.0 Å². The van der Waals surface area contributed by atoms with Crippen LogP contribution in [0.2, 0.25) is 0 Å². The zero-order chi connectivity index (χ0) is 16.3. The second-order valence-electron chi connectivity index (χ2n) is 5.81. The van der Waals surface area contributed by atoms with Crippen LogP contribution in [0.15, 0.2) is 33.3 Å². The van der Waals surface area contributed by atoms with E-state index in [4.69, 9.17) is 9.26 Å². The third kappa shape index (κ3) is 4.30. The van der Waals surface area contributed by atoms with Gasteiger partial charge < -0.3 is 14.6 Å². The number of rotatable bonds is 3. The number of nitrogens with one attached hydrogen (secondary N) is 1. The van der Waals surface area contributed by atoms with Crippen molar-refractivity contribution in [2.45, 2.75) is 39.3 Å². The lowest BCUT2D eigenvalue weighted by Gasteiger charge is -2.20. The number of alkyl carbamates (subject to hydrolysis) is 1. The predicted molar refractivity (Wildman–Crippen MR) is 85.2 cm³/mol. The van der Waals surface area contributed by atoms with Crippen molar-refractivity contribution < 1.29 is 14.1 Å². The van der Waals surface area contributed by atoms with Crippen molar-refractivity contribution in [1.82, 2.24) is 15.5 Å². The highest BCUT2D eigenvalue weighted by Crippen LogP contribution is 2.27. The lowest BCUT2D eigenvalue weighted by molar-refractivity contribution is 0.0505. The van der Waals surface area contributed by atoms with Crippen molar-refractivity contribution in [3.63, 3.8) is 0 Å². The first-order valence-electron chi connectivity index (χ1n) is 6.84. The number of nitrogens with zero attached hydrogens (tertiary/aromatic N) is 2. The number of aromatic nitrogens is 2. The molecule has 0 saturated heterocycles. The van der Waals surface area contributed by atoms with Crippen molar-refractivity contribution in [3.8, 4) is 11.5 Å². The summed E-state index contributed by atoms with van der Waals surface area (Å²) in [5, 5.41) is 6.58. The summed E-state index contributed by atoms with van der Waals surface area (Å²) in [7, 11) is 0. The van der Waals surface area contributed by atoms with Crippen molar-refractivity contribution in [3.05, 3.63) is 34.6 Å². The Kier molecular flexibility index (Phi) is 4.85. The highest BCUT2D eigenvalue weighted by atomic mass is 79.9. The maximum absolute atomic E-state index is 11.7. The lowest BCUT2D eigenvalue weighted by atomic mass is 10.2. The minimum Gasteiger partial charge on any atom is -0.444 e. The van der Waals surface area contributed by atoms with Crippen LogP contribution in [0.4, 0.5) is 4.79 Å². The maximum Gasteiger partial charge on any atom is 0.408 e. The Labute approximate surface area is 137 Å². The summed E-state index contributed by atoms with van der Waals surface area (Å²) < 4.78 is 11.3. The number of halogens is 1. The molecular formula is C15H18BrN3O3. The Morgan fingerprint density at radius 2 is 2.05 bits per heavy atom. The average Bonchev–Trinajstić information content (AvgIpc) is 2.86. The molecule has 2 rings (SSSR count). The monoisotopic (exact) mass is 367 g/mol. The molecule has 0 unspecified atom stereocenters. The average molecular weight is 368 g/mol. The van der Waals surface area contributed by atoms with Crippen LogP contribution in [0.5, 0.6) is 0 Å². The van der Waals surface area contributed by atoms with Crippen LogP contribution < -0.4 is 5.32 Å². The molecule has 0 bridgehead atoms. The molecule has 2 aromatic rings. The molecule has 1 atom stereocenters. The van der Waals surface area contributed by atoms with Gasteiger partial charge in [0, 0.05) is 4.47 Å². The van der Waals surface area contributed by atoms with E-state index in [-0.39, 0.29) is 0 Å². The first-order chi connectivity index (χ1) is 10.3. The van der Waals surface area contributed by atoms with Gasteiger partial charge in [-0.2, -0.15) is 4.98 Å². The fraction of sp³-hybridized carbons (Fsp3) is 0.400. The van der Waals surface area contributed by atoms with Gasteiger partial charge in [-0.15, -0.1) is 0 Å². The van der Waals surface area contributed by atoms with E-state index >= 15 is 0 Å². The summed E-state index contributed by atoms with van der Waals surface area (Å²) in [4.78, 5) is 16.1. The van der Waals surface area contributed by atoms with Gasteiger partial charge in [-0.05, 0) is 55.8 Å². The summed E-state index contributed by atoms with van der Waals surface area (Å²) in [6, 6.07) is 7.12. The summed E-state index contributed by atoms with van der Waals surface area (Å²) in [5.74, 6) is 0.775. The lowest BCUT2D eigenvalue weighted by Crippen LogP contribution is -2.34. The summed E-state index contributed by atoms with van der Waals surface area (Å²) in [5.41, 5.74) is 0.243. The minimum atomic E-state index is -0.554. The second kappa shape index (κ2) is 6.48. The predicted octanol–water partition coefficient (Wildman–Crippen LogP) is 4.08. The van der Waals surface area contributed by atoms with Crippen molar-refractivity contribution in [1.29, 1.82) is 0 Å². The minimum absolute atomic E-state index is 0.386. The van der Waals surface area contributed by atoms with E-state index in [1.165, 1.54) is 0 Å². The molecule has 1 aromatic carbocycles. The highest BCUT2D eigenvalue weighted by Gasteiger charge is 2.21. The van der Waals surface area contributed by atoms with Gasteiger partial charge in [0.15, 0.2) is 5.82 Å². The number of ether oxygens (including phenoxy) is 1. The molecule has 1 heterocycles. The Hall–Kier alpha value is -1.89. The topological polar surface area (TPSA) is 77.2 Å². The number of carbonyl (C=O) groups excluding carboxylic acids is 1. The molecule has 0 fully saturated rings. The van der Waals surface area contributed by atoms with Gasteiger partial charge >= 0.3 is 6.09 Å². The Morgan fingerprint density at radius 3 is 2.68 bits per heavy atom. The molecule has 1 N–H and O–H groups in total. The molecular weight excluding hydrogens is 350 g/mol. The van der Waals surface area contributed by atoms with Crippen LogP contribution in [0.3, 0.4) is 0 Å². The quantitative estimate of drug-likeness (QED) is 0.883. The molecule has 118 valence electrons. The molecule has 0 spiro atoms. The van der Waals surface area contributed by atoms with Gasteiger partial charge in [-0.1, -0.05) is 17.3 Å². The zero-order valence-electron chi connectivity index (χ0n) is 12.9. The van der Waals surface area contributed by atoms with Crippen LogP contribution in [0.25, 0.3) is 11.5 Å². The van der Waals surface area contributed by atoms with E-state index in [2.05, 4.69) is 31.4 Å². The molecule has 7 heteroatoms. The number of carbonyl (C=O) groups is 1. The second-order valence-corrected chi connectivity index (χ2v) is 6.66. The van der Waals surface area contributed by atoms with E-state index in [1.807, 2.05) is 24.3 Å². The van der Waals surface area contributed by atoms with Gasteiger partial charge in [0.1, 0.15) is 5.60 Å². The van der Waals surface area contributed by atoms with Crippen LogP contribution >= 0.6 is 15.9 Å². The van der Waals surface area contributed by atoms with Gasteiger partial charge in [0.05, 0.1) is 11.6 Å². The standard InChI is InChI=1S/C15H18BrN3O3/c1-9(17-14(20)21-15(2,3)4)12-18-13(22-19-12)10-7-5-6-8-11(10)16/h5-9H,1-4H3,(H,17,20)/t9-/m1/s1. The Bertz CT molecular complexity index is 664. The van der Waals surface area contributed by atoms with E-state index in [0.29, 0.717) is 11.7 Å². The van der Waals surface area contributed by atoms with Crippen LogP contribution in [-0.4, -0.2) is 21.8 Å². The third-order valence-electron chi connectivity index (χ3n) is 2.67. The van der Waals surface area contributed by atoms with Gasteiger partial charge in [-0.25, -0.2) is 4.79 Å². The Balaban J connectivity index is 2.08. The summed E-state index contributed by atoms with van der Waals surface area (Å²) in [6.45, 7) is 7.17. The molecule has 0 aliphatic rings. The molecule has 6 nitrogen and oxygen atoms in total. The summed E-state index contributed by atoms with van der Waals surface area (Å²) in [6.07, 6.45) is -0.521. The van der Waals surface area contributed by atoms with Crippen LogP contribution in [0, 0.1) is 0 Å². The molecule has 1 amide bonds. The molecule has 0 radical (unpaired) electrons. The number of benzene rings is 1. The third-order valence-corrected chi connectivity index (χ3v) is 3.36.